The molecule has 0 aliphatic heterocycles. The van der Waals surface area contributed by atoms with Gasteiger partial charge in [0.05, 0.1) is 16.5 Å². The van der Waals surface area contributed by atoms with Crippen molar-refractivity contribution in [3.05, 3.63) is 68.7 Å². The van der Waals surface area contributed by atoms with Crippen LogP contribution in [0.5, 0.6) is 0 Å². The molecule has 0 heterocycles. The summed E-state index contributed by atoms with van der Waals surface area (Å²) in [5.74, 6) is -0.150. The van der Waals surface area contributed by atoms with Crippen LogP contribution in [0.25, 0.3) is 0 Å². The van der Waals surface area contributed by atoms with Gasteiger partial charge in [-0.05, 0) is 56.4 Å². The molecular formula is C26H32Cl2N2O2. The normalized spacial score (nSPS) is 14.9. The molecule has 0 aromatic heterocycles. The quantitative estimate of drug-likeness (QED) is 0.508. The summed E-state index contributed by atoms with van der Waals surface area (Å²) in [7, 11) is 0. The Hall–Kier alpha value is -2.04. The standard InChI is InChI=1S/C26H32Cl2N2O2/c1-4-24(26(32)29-21-7-5-6-8-21)30(16-19-9-10-22(27)23(28)14-19)25(31)15-20-12-17(2)11-18(3)13-20/h9-14,21,24H,4-8,15-16H2,1-3H3,(H,29,32). The van der Waals surface area contributed by atoms with Crippen LogP contribution >= 0.6 is 23.2 Å². The second-order valence-electron chi connectivity index (χ2n) is 8.86. The van der Waals surface area contributed by atoms with Gasteiger partial charge in [0.25, 0.3) is 0 Å². The zero-order chi connectivity index (χ0) is 23.3. The van der Waals surface area contributed by atoms with E-state index in [4.69, 9.17) is 23.2 Å². The first-order valence-corrected chi connectivity index (χ1v) is 12.1. The average molecular weight is 475 g/mol. The lowest BCUT2D eigenvalue weighted by Crippen LogP contribution is -2.51. The van der Waals surface area contributed by atoms with Crippen molar-refractivity contribution in [2.45, 2.75) is 77.9 Å². The van der Waals surface area contributed by atoms with Crippen molar-refractivity contribution >= 4 is 35.0 Å². The summed E-state index contributed by atoms with van der Waals surface area (Å²) in [6, 6.07) is 11.2. The number of nitrogens with zero attached hydrogens (tertiary/aromatic N) is 1. The molecular weight excluding hydrogens is 443 g/mol. The molecule has 1 saturated carbocycles. The van der Waals surface area contributed by atoms with Crippen LogP contribution in [0.2, 0.25) is 10.0 Å². The van der Waals surface area contributed by atoms with Crippen molar-refractivity contribution in [3.63, 3.8) is 0 Å². The first-order valence-electron chi connectivity index (χ1n) is 11.4. The number of hydrogen-bond donors (Lipinski definition) is 1. The lowest BCUT2D eigenvalue weighted by atomic mass is 10.0. The fourth-order valence-corrected chi connectivity index (χ4v) is 4.89. The predicted molar refractivity (Wildman–Crippen MR) is 131 cm³/mol. The SMILES string of the molecule is CCC(C(=O)NC1CCCC1)N(Cc1ccc(Cl)c(Cl)c1)C(=O)Cc1cc(C)cc(C)c1. The van der Waals surface area contributed by atoms with Gasteiger partial charge in [-0.1, -0.05) is 78.4 Å². The average Bonchev–Trinajstić information content (AvgIpc) is 3.22. The van der Waals surface area contributed by atoms with E-state index in [1.54, 1.807) is 17.0 Å². The third-order valence-electron chi connectivity index (χ3n) is 6.06. The first-order chi connectivity index (χ1) is 15.3. The van der Waals surface area contributed by atoms with Crippen LogP contribution in [0.3, 0.4) is 0 Å². The number of hydrogen-bond acceptors (Lipinski definition) is 2. The maximum atomic E-state index is 13.5. The Morgan fingerprint density at radius 3 is 2.25 bits per heavy atom. The molecule has 1 fully saturated rings. The van der Waals surface area contributed by atoms with Crippen LogP contribution in [0.4, 0.5) is 0 Å². The van der Waals surface area contributed by atoms with Gasteiger partial charge in [-0.2, -0.15) is 0 Å². The zero-order valence-corrected chi connectivity index (χ0v) is 20.6. The highest BCUT2D eigenvalue weighted by atomic mass is 35.5. The zero-order valence-electron chi connectivity index (χ0n) is 19.1. The Labute approximate surface area is 201 Å². The molecule has 32 heavy (non-hydrogen) atoms. The highest BCUT2D eigenvalue weighted by molar-refractivity contribution is 6.42. The van der Waals surface area contributed by atoms with E-state index in [9.17, 15) is 9.59 Å². The fourth-order valence-electron chi connectivity index (χ4n) is 4.57. The van der Waals surface area contributed by atoms with Gasteiger partial charge < -0.3 is 10.2 Å². The van der Waals surface area contributed by atoms with E-state index in [2.05, 4.69) is 11.4 Å². The monoisotopic (exact) mass is 474 g/mol. The lowest BCUT2D eigenvalue weighted by Gasteiger charge is -2.32. The molecule has 1 aliphatic rings. The summed E-state index contributed by atoms with van der Waals surface area (Å²) in [6.07, 6.45) is 5.08. The number of benzene rings is 2. The molecule has 1 aliphatic carbocycles. The predicted octanol–water partition coefficient (Wildman–Crippen LogP) is 6.02. The minimum atomic E-state index is -0.538. The van der Waals surface area contributed by atoms with E-state index in [0.717, 1.165) is 47.9 Å². The van der Waals surface area contributed by atoms with Crippen LogP contribution in [0.15, 0.2) is 36.4 Å². The van der Waals surface area contributed by atoms with Crippen LogP contribution < -0.4 is 5.32 Å². The maximum Gasteiger partial charge on any atom is 0.243 e. The van der Waals surface area contributed by atoms with Crippen LogP contribution in [-0.2, 0) is 22.6 Å². The van der Waals surface area contributed by atoms with E-state index >= 15 is 0 Å². The van der Waals surface area contributed by atoms with Gasteiger partial charge in [-0.3, -0.25) is 9.59 Å². The molecule has 0 spiro atoms. The summed E-state index contributed by atoms with van der Waals surface area (Å²) in [5.41, 5.74) is 4.04. The number of amides is 2. The van der Waals surface area contributed by atoms with E-state index < -0.39 is 6.04 Å². The van der Waals surface area contributed by atoms with Crippen LogP contribution in [0.1, 0.15) is 61.3 Å². The van der Waals surface area contributed by atoms with Crippen molar-refractivity contribution in [2.75, 3.05) is 0 Å². The Bertz CT molecular complexity index is 950. The molecule has 0 saturated heterocycles. The minimum Gasteiger partial charge on any atom is -0.352 e. The lowest BCUT2D eigenvalue weighted by molar-refractivity contribution is -0.141. The molecule has 2 amide bonds. The first kappa shape index (κ1) is 24.6. The molecule has 2 aromatic rings. The second kappa shape index (κ2) is 11.2. The van der Waals surface area contributed by atoms with Gasteiger partial charge >= 0.3 is 0 Å². The van der Waals surface area contributed by atoms with Gasteiger partial charge in [0.2, 0.25) is 11.8 Å². The summed E-state index contributed by atoms with van der Waals surface area (Å²) < 4.78 is 0. The Kier molecular flexibility index (Phi) is 8.61. The van der Waals surface area contributed by atoms with E-state index in [0.29, 0.717) is 23.0 Å². The molecule has 1 atom stereocenters. The number of carbonyl (C=O) groups excluding carboxylic acids is 2. The van der Waals surface area contributed by atoms with E-state index in [1.807, 2.05) is 39.0 Å². The topological polar surface area (TPSA) is 49.4 Å². The van der Waals surface area contributed by atoms with Crippen molar-refractivity contribution in [2.24, 2.45) is 0 Å². The summed E-state index contributed by atoms with van der Waals surface area (Å²) >= 11 is 12.3. The molecule has 6 heteroatoms. The van der Waals surface area contributed by atoms with Gasteiger partial charge in [-0.25, -0.2) is 0 Å². The number of carbonyl (C=O) groups is 2. The highest BCUT2D eigenvalue weighted by Gasteiger charge is 2.30. The number of nitrogens with one attached hydrogen (secondary N) is 1. The molecule has 0 bridgehead atoms. The fraction of sp³-hybridized carbons (Fsp3) is 0.462. The van der Waals surface area contributed by atoms with Gasteiger partial charge in [0, 0.05) is 12.6 Å². The highest BCUT2D eigenvalue weighted by Crippen LogP contribution is 2.25. The third kappa shape index (κ3) is 6.49. The number of rotatable bonds is 8. The smallest absolute Gasteiger partial charge is 0.243 e. The third-order valence-corrected chi connectivity index (χ3v) is 6.80. The minimum absolute atomic E-state index is 0.0745. The molecule has 172 valence electrons. The number of aryl methyl sites for hydroxylation is 2. The van der Waals surface area contributed by atoms with Crippen molar-refractivity contribution in [1.82, 2.24) is 10.2 Å². The largest absolute Gasteiger partial charge is 0.352 e. The van der Waals surface area contributed by atoms with Crippen LogP contribution in [-0.4, -0.2) is 28.8 Å². The number of halogens is 2. The molecule has 1 unspecified atom stereocenters. The van der Waals surface area contributed by atoms with Crippen LogP contribution in [0, 0.1) is 13.8 Å². The van der Waals surface area contributed by atoms with E-state index in [-0.39, 0.29) is 24.3 Å². The van der Waals surface area contributed by atoms with Gasteiger partial charge in [0.15, 0.2) is 0 Å². The molecule has 4 nitrogen and oxygen atoms in total. The van der Waals surface area contributed by atoms with Crippen molar-refractivity contribution < 1.29 is 9.59 Å². The van der Waals surface area contributed by atoms with Crippen molar-refractivity contribution in [3.8, 4) is 0 Å². The summed E-state index contributed by atoms with van der Waals surface area (Å²) in [5, 5.41) is 4.08. The molecule has 1 N–H and O–H groups in total. The summed E-state index contributed by atoms with van der Waals surface area (Å²) in [4.78, 5) is 28.4. The molecule has 2 aromatic carbocycles. The Balaban J connectivity index is 1.86. The molecule has 0 radical (unpaired) electrons. The summed E-state index contributed by atoms with van der Waals surface area (Å²) in [6.45, 7) is 6.30. The maximum absolute atomic E-state index is 13.5. The molecule has 3 rings (SSSR count). The Morgan fingerprint density at radius 1 is 1.00 bits per heavy atom. The van der Waals surface area contributed by atoms with Gasteiger partial charge in [0.1, 0.15) is 6.04 Å². The van der Waals surface area contributed by atoms with Crippen molar-refractivity contribution in [1.29, 1.82) is 0 Å². The van der Waals surface area contributed by atoms with E-state index in [1.165, 1.54) is 0 Å². The van der Waals surface area contributed by atoms with Gasteiger partial charge in [-0.15, -0.1) is 0 Å². The second-order valence-corrected chi connectivity index (χ2v) is 9.67. The Morgan fingerprint density at radius 2 is 1.66 bits per heavy atom.